The molecule has 0 N–H and O–H groups in total. The summed E-state index contributed by atoms with van der Waals surface area (Å²) < 4.78 is 19.0. The second-order valence-electron chi connectivity index (χ2n) is 5.32. The number of carbonyl (C=O) groups is 1. The number of hydrogen-bond acceptors (Lipinski definition) is 3. The highest BCUT2D eigenvalue weighted by atomic mass is 32.2. The fourth-order valence-electron chi connectivity index (χ4n) is 2.53. The fraction of sp³-hybridized carbons (Fsp3) is 0.316. The van der Waals surface area contributed by atoms with Gasteiger partial charge in [0.1, 0.15) is 12.4 Å². The van der Waals surface area contributed by atoms with E-state index in [0.29, 0.717) is 19.3 Å². The molecule has 122 valence electrons. The zero-order chi connectivity index (χ0) is 16.7. The van der Waals surface area contributed by atoms with Crippen LogP contribution in [0, 0.1) is 12.7 Å². The SMILES string of the molecule is CCSc1cc(CCc2ccccc2COC=O)c(F)cc1C. The first kappa shape index (κ1) is 17.5. The lowest BCUT2D eigenvalue weighted by molar-refractivity contribution is -0.129. The summed E-state index contributed by atoms with van der Waals surface area (Å²) >= 11 is 1.74. The minimum Gasteiger partial charge on any atom is -0.463 e. The quantitative estimate of drug-likeness (QED) is 0.517. The van der Waals surface area contributed by atoms with Crippen molar-refractivity contribution in [1.29, 1.82) is 0 Å². The molecule has 2 aromatic rings. The number of carbonyl (C=O) groups excluding carboxylic acids is 1. The Bertz CT molecular complexity index is 670. The van der Waals surface area contributed by atoms with Crippen molar-refractivity contribution in [3.63, 3.8) is 0 Å². The average Bonchev–Trinajstić information content (AvgIpc) is 2.55. The van der Waals surface area contributed by atoms with Gasteiger partial charge in [0.25, 0.3) is 6.47 Å². The summed E-state index contributed by atoms with van der Waals surface area (Å²) in [6.45, 7) is 4.74. The van der Waals surface area contributed by atoms with Gasteiger partial charge in [0.15, 0.2) is 0 Å². The van der Waals surface area contributed by atoms with Crippen LogP contribution >= 0.6 is 11.8 Å². The van der Waals surface area contributed by atoms with Crippen molar-refractivity contribution in [3.05, 3.63) is 64.5 Å². The Kier molecular flexibility index (Phi) is 6.66. The van der Waals surface area contributed by atoms with E-state index in [4.69, 9.17) is 4.74 Å². The van der Waals surface area contributed by atoms with Crippen LogP contribution in [0.3, 0.4) is 0 Å². The van der Waals surface area contributed by atoms with Gasteiger partial charge in [-0.1, -0.05) is 31.2 Å². The smallest absolute Gasteiger partial charge is 0.293 e. The predicted octanol–water partition coefficient (Wildman–Crippen LogP) is 4.70. The van der Waals surface area contributed by atoms with Crippen LogP contribution in [-0.4, -0.2) is 12.2 Å². The molecule has 0 aromatic heterocycles. The lowest BCUT2D eigenvalue weighted by Crippen LogP contribution is -2.01. The Morgan fingerprint density at radius 2 is 1.83 bits per heavy atom. The lowest BCUT2D eigenvalue weighted by atomic mass is 9.99. The molecular weight excluding hydrogens is 311 g/mol. The first-order valence-corrected chi connectivity index (χ1v) is 8.68. The van der Waals surface area contributed by atoms with Crippen LogP contribution in [-0.2, 0) is 29.0 Å². The minimum atomic E-state index is -0.149. The van der Waals surface area contributed by atoms with E-state index in [-0.39, 0.29) is 12.4 Å². The van der Waals surface area contributed by atoms with E-state index in [1.807, 2.05) is 37.3 Å². The van der Waals surface area contributed by atoms with Gasteiger partial charge in [0.2, 0.25) is 0 Å². The zero-order valence-corrected chi connectivity index (χ0v) is 14.3. The van der Waals surface area contributed by atoms with Gasteiger partial charge in [-0.15, -0.1) is 11.8 Å². The molecule has 0 saturated carbocycles. The number of halogens is 1. The van der Waals surface area contributed by atoms with Crippen molar-refractivity contribution in [2.45, 2.75) is 38.2 Å². The topological polar surface area (TPSA) is 26.3 Å². The van der Waals surface area contributed by atoms with Crippen molar-refractivity contribution < 1.29 is 13.9 Å². The molecule has 0 aliphatic heterocycles. The van der Waals surface area contributed by atoms with Gasteiger partial charge >= 0.3 is 0 Å². The summed E-state index contributed by atoms with van der Waals surface area (Å²) in [6.07, 6.45) is 1.34. The van der Waals surface area contributed by atoms with E-state index >= 15 is 0 Å². The summed E-state index contributed by atoms with van der Waals surface area (Å²) in [6, 6.07) is 11.4. The summed E-state index contributed by atoms with van der Waals surface area (Å²) in [5, 5.41) is 0. The molecule has 0 radical (unpaired) electrons. The molecule has 0 heterocycles. The summed E-state index contributed by atoms with van der Waals surface area (Å²) in [4.78, 5) is 11.5. The Balaban J connectivity index is 2.14. The number of rotatable bonds is 8. The standard InChI is InChI=1S/C19H21FO2S/c1-3-23-19-11-16(18(20)10-14(19)2)9-8-15-6-4-5-7-17(15)12-22-13-21/h4-7,10-11,13H,3,8-9,12H2,1-2H3. The van der Waals surface area contributed by atoms with E-state index < -0.39 is 0 Å². The maximum absolute atomic E-state index is 14.2. The van der Waals surface area contributed by atoms with Gasteiger partial charge in [-0.3, -0.25) is 4.79 Å². The normalized spacial score (nSPS) is 10.6. The van der Waals surface area contributed by atoms with Crippen molar-refractivity contribution in [2.75, 3.05) is 5.75 Å². The molecule has 0 amide bonds. The highest BCUT2D eigenvalue weighted by molar-refractivity contribution is 7.99. The molecule has 2 nitrogen and oxygen atoms in total. The van der Waals surface area contributed by atoms with Crippen molar-refractivity contribution >= 4 is 18.2 Å². The molecule has 23 heavy (non-hydrogen) atoms. The van der Waals surface area contributed by atoms with Crippen molar-refractivity contribution in [3.8, 4) is 0 Å². The molecule has 0 unspecified atom stereocenters. The second kappa shape index (κ2) is 8.73. The largest absolute Gasteiger partial charge is 0.463 e. The molecule has 0 atom stereocenters. The molecule has 0 saturated heterocycles. The molecule has 0 fully saturated rings. The van der Waals surface area contributed by atoms with Gasteiger partial charge in [-0.25, -0.2) is 4.39 Å². The first-order chi connectivity index (χ1) is 11.2. The van der Waals surface area contributed by atoms with Crippen LogP contribution in [0.5, 0.6) is 0 Å². The van der Waals surface area contributed by atoms with Gasteiger partial charge in [-0.2, -0.15) is 0 Å². The highest BCUT2D eigenvalue weighted by Crippen LogP contribution is 2.26. The lowest BCUT2D eigenvalue weighted by Gasteiger charge is -2.11. The molecule has 0 aliphatic rings. The number of benzene rings is 2. The maximum Gasteiger partial charge on any atom is 0.293 e. The third-order valence-electron chi connectivity index (χ3n) is 3.73. The number of aryl methyl sites for hydroxylation is 3. The molecule has 0 bridgehead atoms. The Morgan fingerprint density at radius 1 is 1.13 bits per heavy atom. The minimum absolute atomic E-state index is 0.149. The molecule has 2 aromatic carbocycles. The Labute approximate surface area is 141 Å². The van der Waals surface area contributed by atoms with Crippen LogP contribution in [0.25, 0.3) is 0 Å². The molecular formula is C19H21FO2S. The van der Waals surface area contributed by atoms with Gasteiger partial charge < -0.3 is 4.74 Å². The average molecular weight is 332 g/mol. The summed E-state index contributed by atoms with van der Waals surface area (Å²) in [5.41, 5.74) is 3.77. The van der Waals surface area contributed by atoms with Gasteiger partial charge in [0.05, 0.1) is 0 Å². The van der Waals surface area contributed by atoms with Crippen molar-refractivity contribution in [2.24, 2.45) is 0 Å². The fourth-order valence-corrected chi connectivity index (χ4v) is 3.36. The zero-order valence-electron chi connectivity index (χ0n) is 13.5. The van der Waals surface area contributed by atoms with Crippen molar-refractivity contribution in [1.82, 2.24) is 0 Å². The third-order valence-corrected chi connectivity index (χ3v) is 4.77. The first-order valence-electron chi connectivity index (χ1n) is 7.69. The van der Waals surface area contributed by atoms with Gasteiger partial charge in [-0.05, 0) is 59.9 Å². The molecule has 0 spiro atoms. The van der Waals surface area contributed by atoms with E-state index in [1.165, 1.54) is 0 Å². The van der Waals surface area contributed by atoms with Crippen LogP contribution in [0.2, 0.25) is 0 Å². The van der Waals surface area contributed by atoms with E-state index in [9.17, 15) is 9.18 Å². The van der Waals surface area contributed by atoms with Crippen LogP contribution in [0.1, 0.15) is 29.2 Å². The predicted molar refractivity (Wildman–Crippen MR) is 92.2 cm³/mol. The monoisotopic (exact) mass is 332 g/mol. The highest BCUT2D eigenvalue weighted by Gasteiger charge is 2.09. The van der Waals surface area contributed by atoms with E-state index in [2.05, 4.69) is 6.92 Å². The summed E-state index contributed by atoms with van der Waals surface area (Å²) in [7, 11) is 0. The number of ether oxygens (including phenoxy) is 1. The maximum atomic E-state index is 14.2. The number of hydrogen-bond donors (Lipinski definition) is 0. The molecule has 0 aliphatic carbocycles. The van der Waals surface area contributed by atoms with Crippen LogP contribution in [0.15, 0.2) is 41.3 Å². The Morgan fingerprint density at radius 3 is 2.52 bits per heavy atom. The molecule has 2 rings (SSSR count). The van der Waals surface area contributed by atoms with E-state index in [1.54, 1.807) is 17.8 Å². The summed E-state index contributed by atoms with van der Waals surface area (Å²) in [5.74, 6) is 0.821. The second-order valence-corrected chi connectivity index (χ2v) is 6.62. The number of thioether (sulfide) groups is 1. The Hall–Kier alpha value is -1.81. The molecule has 4 heteroatoms. The van der Waals surface area contributed by atoms with Crippen LogP contribution < -0.4 is 0 Å². The van der Waals surface area contributed by atoms with E-state index in [0.717, 1.165) is 32.9 Å². The third kappa shape index (κ3) is 4.83. The van der Waals surface area contributed by atoms with Crippen LogP contribution in [0.4, 0.5) is 4.39 Å². The van der Waals surface area contributed by atoms with Gasteiger partial charge in [0, 0.05) is 4.90 Å².